The SMILES string of the molecule is C=CCn1c(-c2ccc(-c3ccccc3)cc2)csc1=NNC(=O)CCCCC. The number of benzene rings is 2. The number of amides is 1. The van der Waals surface area contributed by atoms with Gasteiger partial charge in [-0.1, -0.05) is 80.4 Å². The molecule has 150 valence electrons. The summed E-state index contributed by atoms with van der Waals surface area (Å²) >= 11 is 1.52. The molecule has 1 heterocycles. The molecule has 0 aliphatic carbocycles. The molecular weight excluding hydrogens is 378 g/mol. The maximum Gasteiger partial charge on any atom is 0.240 e. The highest BCUT2D eigenvalue weighted by molar-refractivity contribution is 7.07. The Morgan fingerprint density at radius 2 is 1.76 bits per heavy atom. The average molecular weight is 406 g/mol. The summed E-state index contributed by atoms with van der Waals surface area (Å²) < 4.78 is 2.07. The summed E-state index contributed by atoms with van der Waals surface area (Å²) in [5.41, 5.74) is 7.25. The Morgan fingerprint density at radius 3 is 2.45 bits per heavy atom. The summed E-state index contributed by atoms with van der Waals surface area (Å²) in [4.78, 5) is 12.7. The molecular formula is C24H27N3OS. The second kappa shape index (κ2) is 10.6. The first kappa shape index (κ1) is 20.8. The van der Waals surface area contributed by atoms with Crippen LogP contribution in [0, 0.1) is 0 Å². The first-order valence-electron chi connectivity index (χ1n) is 10.0. The van der Waals surface area contributed by atoms with E-state index in [1.807, 2.05) is 24.3 Å². The molecule has 0 saturated carbocycles. The minimum absolute atomic E-state index is 0.0363. The smallest absolute Gasteiger partial charge is 0.240 e. The summed E-state index contributed by atoms with van der Waals surface area (Å²) in [7, 11) is 0. The fourth-order valence-corrected chi connectivity index (χ4v) is 4.00. The van der Waals surface area contributed by atoms with Gasteiger partial charge < -0.3 is 4.57 Å². The van der Waals surface area contributed by atoms with Crippen LogP contribution < -0.4 is 10.2 Å². The third-order valence-electron chi connectivity index (χ3n) is 4.68. The molecule has 4 nitrogen and oxygen atoms in total. The zero-order chi connectivity index (χ0) is 20.5. The molecule has 0 unspecified atom stereocenters. The predicted octanol–water partition coefficient (Wildman–Crippen LogP) is 5.58. The van der Waals surface area contributed by atoms with Crippen molar-refractivity contribution < 1.29 is 4.79 Å². The van der Waals surface area contributed by atoms with E-state index in [9.17, 15) is 4.79 Å². The first-order chi connectivity index (χ1) is 14.2. The summed E-state index contributed by atoms with van der Waals surface area (Å²) in [6.45, 7) is 6.62. The second-order valence-corrected chi connectivity index (χ2v) is 7.69. The van der Waals surface area contributed by atoms with Crippen molar-refractivity contribution in [1.29, 1.82) is 0 Å². The summed E-state index contributed by atoms with van der Waals surface area (Å²) in [6, 6.07) is 18.8. The van der Waals surface area contributed by atoms with Gasteiger partial charge in [-0.2, -0.15) is 0 Å². The van der Waals surface area contributed by atoms with Gasteiger partial charge in [0.2, 0.25) is 10.7 Å². The van der Waals surface area contributed by atoms with Gasteiger partial charge in [0.15, 0.2) is 0 Å². The van der Waals surface area contributed by atoms with Gasteiger partial charge in [0.1, 0.15) is 0 Å². The van der Waals surface area contributed by atoms with Gasteiger partial charge in [0.05, 0.1) is 5.69 Å². The van der Waals surface area contributed by atoms with Crippen molar-refractivity contribution in [3.05, 3.63) is 77.4 Å². The molecule has 0 aliphatic heterocycles. The van der Waals surface area contributed by atoms with Crippen LogP contribution in [-0.2, 0) is 11.3 Å². The Balaban J connectivity index is 1.82. The van der Waals surface area contributed by atoms with Gasteiger partial charge in [0.25, 0.3) is 0 Å². The van der Waals surface area contributed by atoms with Crippen molar-refractivity contribution in [3.63, 3.8) is 0 Å². The lowest BCUT2D eigenvalue weighted by Gasteiger charge is -2.08. The van der Waals surface area contributed by atoms with Crippen LogP contribution in [0.4, 0.5) is 0 Å². The highest BCUT2D eigenvalue weighted by Gasteiger charge is 2.08. The fourth-order valence-electron chi connectivity index (χ4n) is 3.12. The van der Waals surface area contributed by atoms with Gasteiger partial charge in [-0.05, 0) is 23.1 Å². The van der Waals surface area contributed by atoms with Crippen molar-refractivity contribution in [2.24, 2.45) is 5.10 Å². The second-order valence-electron chi connectivity index (χ2n) is 6.85. The molecule has 0 spiro atoms. The van der Waals surface area contributed by atoms with Crippen LogP contribution in [0.15, 0.2) is 77.7 Å². The molecule has 3 rings (SSSR count). The number of nitrogens with zero attached hydrogens (tertiary/aromatic N) is 2. The molecule has 0 bridgehead atoms. The zero-order valence-electron chi connectivity index (χ0n) is 16.8. The van der Waals surface area contributed by atoms with Gasteiger partial charge in [-0.15, -0.1) is 23.0 Å². The van der Waals surface area contributed by atoms with Crippen LogP contribution >= 0.6 is 11.3 Å². The maximum absolute atomic E-state index is 12.0. The molecule has 1 amide bonds. The lowest BCUT2D eigenvalue weighted by molar-refractivity contribution is -0.121. The highest BCUT2D eigenvalue weighted by Crippen LogP contribution is 2.25. The van der Waals surface area contributed by atoms with E-state index in [0.717, 1.165) is 35.3 Å². The third-order valence-corrected chi connectivity index (χ3v) is 5.54. The van der Waals surface area contributed by atoms with Crippen LogP contribution in [0.3, 0.4) is 0 Å². The molecule has 5 heteroatoms. The molecule has 0 saturated heterocycles. The Kier molecular flexibility index (Phi) is 7.59. The van der Waals surface area contributed by atoms with E-state index in [2.05, 4.69) is 70.4 Å². The van der Waals surface area contributed by atoms with E-state index in [0.29, 0.717) is 13.0 Å². The minimum atomic E-state index is -0.0363. The minimum Gasteiger partial charge on any atom is -0.311 e. The van der Waals surface area contributed by atoms with Gasteiger partial charge in [-0.25, -0.2) is 5.43 Å². The fraction of sp³-hybridized carbons (Fsp3) is 0.250. The lowest BCUT2D eigenvalue weighted by Crippen LogP contribution is -2.24. The van der Waals surface area contributed by atoms with Gasteiger partial charge in [0, 0.05) is 18.3 Å². The zero-order valence-corrected chi connectivity index (χ0v) is 17.6. The van der Waals surface area contributed by atoms with Crippen molar-refractivity contribution in [3.8, 4) is 22.4 Å². The first-order valence-corrected chi connectivity index (χ1v) is 10.9. The monoisotopic (exact) mass is 405 g/mol. The number of thiazole rings is 1. The molecule has 2 aromatic carbocycles. The quantitative estimate of drug-likeness (QED) is 0.282. The Morgan fingerprint density at radius 1 is 1.07 bits per heavy atom. The molecule has 1 aromatic heterocycles. The number of rotatable bonds is 9. The lowest BCUT2D eigenvalue weighted by atomic mass is 10.0. The van der Waals surface area contributed by atoms with E-state index in [1.54, 1.807) is 0 Å². The molecule has 3 aromatic rings. The van der Waals surface area contributed by atoms with E-state index < -0.39 is 0 Å². The van der Waals surface area contributed by atoms with E-state index in [1.165, 1.54) is 22.5 Å². The average Bonchev–Trinajstić information content (AvgIpc) is 3.16. The van der Waals surface area contributed by atoms with Crippen LogP contribution in [-0.4, -0.2) is 10.5 Å². The van der Waals surface area contributed by atoms with Crippen LogP contribution in [0.2, 0.25) is 0 Å². The normalized spacial score (nSPS) is 11.4. The molecule has 0 radical (unpaired) electrons. The predicted molar refractivity (Wildman–Crippen MR) is 121 cm³/mol. The molecule has 1 N–H and O–H groups in total. The summed E-state index contributed by atoms with van der Waals surface area (Å²) in [5, 5.41) is 6.42. The van der Waals surface area contributed by atoms with E-state index in [-0.39, 0.29) is 5.91 Å². The number of hydrogen-bond acceptors (Lipinski definition) is 3. The van der Waals surface area contributed by atoms with Crippen LogP contribution in [0.1, 0.15) is 32.6 Å². The van der Waals surface area contributed by atoms with Gasteiger partial charge >= 0.3 is 0 Å². The number of hydrogen-bond donors (Lipinski definition) is 1. The van der Waals surface area contributed by atoms with Crippen molar-refractivity contribution in [1.82, 2.24) is 9.99 Å². The number of nitrogens with one attached hydrogen (secondary N) is 1. The van der Waals surface area contributed by atoms with Crippen LogP contribution in [0.5, 0.6) is 0 Å². The highest BCUT2D eigenvalue weighted by atomic mass is 32.1. The number of carbonyl (C=O) groups excluding carboxylic acids is 1. The Labute approximate surface area is 176 Å². The number of allylic oxidation sites excluding steroid dienone is 1. The van der Waals surface area contributed by atoms with E-state index in [4.69, 9.17) is 0 Å². The Bertz CT molecular complexity index is 1000. The molecule has 0 aliphatic rings. The van der Waals surface area contributed by atoms with Gasteiger partial charge in [-0.3, -0.25) is 4.79 Å². The summed E-state index contributed by atoms with van der Waals surface area (Å²) in [5.74, 6) is -0.0363. The molecule has 0 atom stereocenters. The molecule has 29 heavy (non-hydrogen) atoms. The van der Waals surface area contributed by atoms with Crippen LogP contribution in [0.25, 0.3) is 22.4 Å². The third kappa shape index (κ3) is 5.55. The van der Waals surface area contributed by atoms with Crippen molar-refractivity contribution >= 4 is 17.2 Å². The largest absolute Gasteiger partial charge is 0.311 e. The standard InChI is InChI=1S/C24H27N3OS/c1-3-5-7-12-23(28)25-26-24-27(17-4-2)22(18-29-24)21-15-13-20(14-16-21)19-10-8-6-9-11-19/h4,6,8-11,13-16,18H,2-3,5,7,12,17H2,1H3,(H,25,28). The Hall–Kier alpha value is -2.92. The van der Waals surface area contributed by atoms with E-state index >= 15 is 0 Å². The van der Waals surface area contributed by atoms with Crippen molar-refractivity contribution in [2.75, 3.05) is 0 Å². The topological polar surface area (TPSA) is 46.4 Å². The summed E-state index contributed by atoms with van der Waals surface area (Å²) in [6.07, 6.45) is 5.41. The number of unbranched alkanes of at least 4 members (excludes halogenated alkanes) is 2. The van der Waals surface area contributed by atoms with Crippen molar-refractivity contribution in [2.45, 2.75) is 39.2 Å². The maximum atomic E-state index is 12.0. The molecule has 0 fully saturated rings. The number of aromatic nitrogens is 1. The number of carbonyl (C=O) groups is 1.